The fourth-order valence-corrected chi connectivity index (χ4v) is 1.91. The van der Waals surface area contributed by atoms with Gasteiger partial charge in [0.1, 0.15) is 0 Å². The Kier molecular flexibility index (Phi) is 4.76. The van der Waals surface area contributed by atoms with E-state index in [4.69, 9.17) is 0 Å². The molecule has 5 heteroatoms. The minimum atomic E-state index is -4.72. The molecule has 88 valence electrons. The number of hydrogen-bond donors (Lipinski definition) is 0. The van der Waals surface area contributed by atoms with Crippen LogP contribution in [-0.4, -0.2) is 15.9 Å². The van der Waals surface area contributed by atoms with Gasteiger partial charge >= 0.3 is 6.18 Å². The number of carbonyl (C=O) groups excluding carboxylic acids is 1. The summed E-state index contributed by atoms with van der Waals surface area (Å²) in [5.74, 6) is -1.65. The van der Waals surface area contributed by atoms with Crippen molar-refractivity contribution in [2.24, 2.45) is 0 Å². The fraction of sp³-hybridized carbons (Fsp3) is 0.364. The van der Waals surface area contributed by atoms with Crippen LogP contribution >= 0.6 is 22.6 Å². The van der Waals surface area contributed by atoms with E-state index in [9.17, 15) is 18.0 Å². The summed E-state index contributed by atoms with van der Waals surface area (Å²) >= 11 is 1.55. The summed E-state index contributed by atoms with van der Waals surface area (Å²) < 4.78 is 35.2. The van der Waals surface area contributed by atoms with Crippen molar-refractivity contribution in [1.82, 2.24) is 0 Å². The van der Waals surface area contributed by atoms with Crippen LogP contribution in [-0.2, 0) is 11.2 Å². The number of halogens is 4. The van der Waals surface area contributed by atoms with Crippen LogP contribution < -0.4 is 0 Å². The highest BCUT2D eigenvalue weighted by Crippen LogP contribution is 2.24. The number of rotatable bonds is 4. The van der Waals surface area contributed by atoms with Crippen molar-refractivity contribution < 1.29 is 18.0 Å². The Hall–Kier alpha value is -0.590. The number of hydrogen-bond acceptors (Lipinski definition) is 1. The highest BCUT2D eigenvalue weighted by Gasteiger charge is 2.41. The van der Waals surface area contributed by atoms with Crippen LogP contribution in [0.2, 0.25) is 0 Å². The summed E-state index contributed by atoms with van der Waals surface area (Å²) in [6.45, 7) is 0. The van der Waals surface area contributed by atoms with Crippen molar-refractivity contribution in [2.75, 3.05) is 0 Å². The molecule has 0 amide bonds. The second kappa shape index (κ2) is 5.65. The molecule has 0 spiro atoms. The molecule has 1 unspecified atom stereocenters. The van der Waals surface area contributed by atoms with Crippen molar-refractivity contribution in [3.05, 3.63) is 35.9 Å². The first kappa shape index (κ1) is 13.5. The molecule has 16 heavy (non-hydrogen) atoms. The van der Waals surface area contributed by atoms with Gasteiger partial charge in [-0.2, -0.15) is 13.2 Å². The Morgan fingerprint density at radius 1 is 1.25 bits per heavy atom. The molecule has 0 fully saturated rings. The van der Waals surface area contributed by atoms with Crippen molar-refractivity contribution in [1.29, 1.82) is 0 Å². The molecule has 0 saturated heterocycles. The van der Waals surface area contributed by atoms with Crippen LogP contribution in [0.3, 0.4) is 0 Å². The van der Waals surface area contributed by atoms with E-state index in [1.54, 1.807) is 22.6 Å². The number of benzene rings is 1. The first-order valence-corrected chi connectivity index (χ1v) is 5.95. The zero-order valence-corrected chi connectivity index (χ0v) is 10.5. The molecule has 1 atom stereocenters. The summed E-state index contributed by atoms with van der Waals surface area (Å²) in [5, 5.41) is 0. The normalized spacial score (nSPS) is 13.5. The van der Waals surface area contributed by atoms with Crippen LogP contribution in [0.5, 0.6) is 0 Å². The van der Waals surface area contributed by atoms with Gasteiger partial charge in [0.15, 0.2) is 0 Å². The molecule has 0 aliphatic rings. The van der Waals surface area contributed by atoms with E-state index in [0.29, 0.717) is 6.42 Å². The lowest BCUT2D eigenvalue weighted by Crippen LogP contribution is -2.31. The molecule has 0 bridgehead atoms. The van der Waals surface area contributed by atoms with E-state index < -0.39 is 15.9 Å². The van der Waals surface area contributed by atoms with Gasteiger partial charge in [-0.05, 0) is 18.4 Å². The Morgan fingerprint density at radius 3 is 2.31 bits per heavy atom. The summed E-state index contributed by atoms with van der Waals surface area (Å²) in [7, 11) is 0. The SMILES string of the molecule is O=C(C(I)CCc1ccccc1)C(F)(F)F. The second-order valence-electron chi connectivity index (χ2n) is 3.35. The maximum atomic E-state index is 12.1. The van der Waals surface area contributed by atoms with Gasteiger partial charge in [0.05, 0.1) is 3.92 Å². The van der Waals surface area contributed by atoms with Crippen LogP contribution in [0.25, 0.3) is 0 Å². The van der Waals surface area contributed by atoms with Crippen LogP contribution in [0.4, 0.5) is 13.2 Å². The lowest BCUT2D eigenvalue weighted by Gasteiger charge is -2.11. The highest BCUT2D eigenvalue weighted by molar-refractivity contribution is 14.1. The summed E-state index contributed by atoms with van der Waals surface area (Å²) in [5.41, 5.74) is 0.944. The minimum Gasteiger partial charge on any atom is -0.288 e. The first-order valence-electron chi connectivity index (χ1n) is 4.70. The van der Waals surface area contributed by atoms with Gasteiger partial charge in [0.25, 0.3) is 0 Å². The van der Waals surface area contributed by atoms with E-state index in [1.165, 1.54) is 0 Å². The Balaban J connectivity index is 2.48. The Labute approximate surface area is 105 Å². The predicted molar refractivity (Wildman–Crippen MR) is 63.6 cm³/mol. The van der Waals surface area contributed by atoms with E-state index in [1.807, 2.05) is 30.3 Å². The van der Waals surface area contributed by atoms with Crippen molar-refractivity contribution in [3.63, 3.8) is 0 Å². The van der Waals surface area contributed by atoms with Crippen LogP contribution in [0, 0.1) is 0 Å². The van der Waals surface area contributed by atoms with Gasteiger partial charge < -0.3 is 0 Å². The van der Waals surface area contributed by atoms with Gasteiger partial charge in [-0.15, -0.1) is 0 Å². The van der Waals surface area contributed by atoms with Gasteiger partial charge in [0, 0.05) is 0 Å². The zero-order chi connectivity index (χ0) is 12.2. The summed E-state index contributed by atoms with van der Waals surface area (Å²) in [4.78, 5) is 10.9. The molecule has 0 radical (unpaired) electrons. The smallest absolute Gasteiger partial charge is 0.288 e. The average Bonchev–Trinajstić information content (AvgIpc) is 2.25. The Morgan fingerprint density at radius 2 is 1.81 bits per heavy atom. The molecule has 1 aromatic rings. The number of Topliss-reactive ketones (excluding diaryl/α,β-unsaturated/α-hetero) is 1. The van der Waals surface area contributed by atoms with E-state index in [0.717, 1.165) is 5.56 Å². The zero-order valence-electron chi connectivity index (χ0n) is 8.30. The lowest BCUT2D eigenvalue weighted by molar-refractivity contribution is -0.170. The quantitative estimate of drug-likeness (QED) is 0.604. The highest BCUT2D eigenvalue weighted by atomic mass is 127. The number of alkyl halides is 4. The fourth-order valence-electron chi connectivity index (χ4n) is 1.25. The van der Waals surface area contributed by atoms with Gasteiger partial charge in [-0.25, -0.2) is 0 Å². The molecular weight excluding hydrogens is 332 g/mol. The Bertz CT molecular complexity index is 348. The average molecular weight is 342 g/mol. The topological polar surface area (TPSA) is 17.1 Å². The molecule has 1 aromatic carbocycles. The second-order valence-corrected chi connectivity index (χ2v) is 4.86. The largest absolute Gasteiger partial charge is 0.451 e. The van der Waals surface area contributed by atoms with Crippen molar-refractivity contribution in [2.45, 2.75) is 22.9 Å². The maximum Gasteiger partial charge on any atom is 0.451 e. The standard InChI is InChI=1S/C11H10F3IO/c12-11(13,14)10(16)9(15)7-6-8-4-2-1-3-5-8/h1-5,9H,6-7H2. The third-order valence-electron chi connectivity index (χ3n) is 2.09. The van der Waals surface area contributed by atoms with E-state index in [2.05, 4.69) is 0 Å². The molecule has 1 nitrogen and oxygen atoms in total. The molecule has 0 saturated carbocycles. The maximum absolute atomic E-state index is 12.1. The van der Waals surface area contributed by atoms with E-state index >= 15 is 0 Å². The molecule has 0 aromatic heterocycles. The van der Waals surface area contributed by atoms with Crippen LogP contribution in [0.1, 0.15) is 12.0 Å². The predicted octanol–water partition coefficient (Wildman–Crippen LogP) is 3.55. The molecule has 0 N–H and O–H groups in total. The molecule has 1 rings (SSSR count). The van der Waals surface area contributed by atoms with E-state index in [-0.39, 0.29) is 6.42 Å². The first-order chi connectivity index (χ1) is 7.41. The number of carbonyl (C=O) groups is 1. The molecule has 0 aliphatic carbocycles. The molecule has 0 aliphatic heterocycles. The third kappa shape index (κ3) is 4.11. The van der Waals surface area contributed by atoms with Crippen LogP contribution in [0.15, 0.2) is 30.3 Å². The summed E-state index contributed by atoms with van der Waals surface area (Å²) in [6, 6.07) is 9.15. The van der Waals surface area contributed by atoms with Crippen molar-refractivity contribution in [3.8, 4) is 0 Å². The third-order valence-corrected chi connectivity index (χ3v) is 3.28. The monoisotopic (exact) mass is 342 g/mol. The summed E-state index contributed by atoms with van der Waals surface area (Å²) in [6.07, 6.45) is -4.03. The van der Waals surface area contributed by atoms with Gasteiger partial charge in [-0.3, -0.25) is 4.79 Å². The number of aryl methyl sites for hydroxylation is 1. The molecular formula is C11H10F3IO. The molecule has 0 heterocycles. The minimum absolute atomic E-state index is 0.211. The lowest BCUT2D eigenvalue weighted by atomic mass is 10.1. The van der Waals surface area contributed by atoms with Gasteiger partial charge in [-0.1, -0.05) is 52.9 Å². The van der Waals surface area contributed by atoms with Gasteiger partial charge in [0.2, 0.25) is 5.78 Å². The van der Waals surface area contributed by atoms with Crippen molar-refractivity contribution >= 4 is 28.4 Å². The number of ketones is 1.